The third-order valence-electron chi connectivity index (χ3n) is 3.97. The Morgan fingerprint density at radius 1 is 1.43 bits per heavy atom. The van der Waals surface area contributed by atoms with Crippen molar-refractivity contribution in [1.82, 2.24) is 4.90 Å². The number of carboxylic acids is 1. The number of carbonyl (C=O) groups is 1. The summed E-state index contributed by atoms with van der Waals surface area (Å²) in [6, 6.07) is 4.62. The largest absolute Gasteiger partial charge is 0.573 e. The van der Waals surface area contributed by atoms with Crippen molar-refractivity contribution >= 4 is 21.9 Å². The second kappa shape index (κ2) is 7.09. The number of piperidine rings is 1. The fourth-order valence-corrected chi connectivity index (χ4v) is 3.19. The second-order valence-electron chi connectivity index (χ2n) is 5.70. The van der Waals surface area contributed by atoms with E-state index in [1.165, 1.54) is 6.07 Å². The molecule has 4 nitrogen and oxygen atoms in total. The Morgan fingerprint density at radius 3 is 2.70 bits per heavy atom. The average Bonchev–Trinajstić information content (AvgIpc) is 2.42. The standard InChI is InChI=1S/C15H17BrF3NO3/c1-9-2-4-11(14(21)22)8-20(9)7-10-3-5-13(12(16)6-10)23-15(17,18)19/h3,5-6,9,11H,2,4,7-8H2,1H3,(H,21,22). The monoisotopic (exact) mass is 395 g/mol. The minimum atomic E-state index is -4.74. The number of benzene rings is 1. The van der Waals surface area contributed by atoms with Crippen LogP contribution in [0.3, 0.4) is 0 Å². The van der Waals surface area contributed by atoms with Crippen LogP contribution in [0.5, 0.6) is 5.75 Å². The summed E-state index contributed by atoms with van der Waals surface area (Å²) in [6.45, 7) is 2.94. The summed E-state index contributed by atoms with van der Waals surface area (Å²) >= 11 is 3.08. The second-order valence-corrected chi connectivity index (χ2v) is 6.56. The molecule has 2 atom stereocenters. The third kappa shape index (κ3) is 5.10. The van der Waals surface area contributed by atoms with E-state index in [-0.39, 0.29) is 16.3 Å². The molecule has 23 heavy (non-hydrogen) atoms. The lowest BCUT2D eigenvalue weighted by atomic mass is 9.93. The highest BCUT2D eigenvalue weighted by atomic mass is 79.9. The molecule has 0 amide bonds. The summed E-state index contributed by atoms with van der Waals surface area (Å²) in [6.07, 6.45) is -3.30. The quantitative estimate of drug-likeness (QED) is 0.835. The Morgan fingerprint density at radius 2 is 2.13 bits per heavy atom. The fraction of sp³-hybridized carbons (Fsp3) is 0.533. The summed E-state index contributed by atoms with van der Waals surface area (Å²) in [5.74, 6) is -1.50. The first-order valence-electron chi connectivity index (χ1n) is 7.16. The Balaban J connectivity index is 2.07. The van der Waals surface area contributed by atoms with Gasteiger partial charge >= 0.3 is 12.3 Å². The first kappa shape index (κ1) is 18.1. The van der Waals surface area contributed by atoms with Crippen molar-refractivity contribution < 1.29 is 27.8 Å². The number of aliphatic carboxylic acids is 1. The summed E-state index contributed by atoms with van der Waals surface area (Å²) < 4.78 is 40.9. The number of carboxylic acid groups (broad SMARTS) is 1. The van der Waals surface area contributed by atoms with Crippen molar-refractivity contribution in [2.24, 2.45) is 5.92 Å². The summed E-state index contributed by atoms with van der Waals surface area (Å²) in [5.41, 5.74) is 0.796. The molecule has 0 radical (unpaired) electrons. The SMILES string of the molecule is CC1CCC(C(=O)O)CN1Cc1ccc(OC(F)(F)F)c(Br)c1. The van der Waals surface area contributed by atoms with Crippen molar-refractivity contribution in [1.29, 1.82) is 0 Å². The molecule has 1 aliphatic rings. The summed E-state index contributed by atoms with van der Waals surface area (Å²) in [7, 11) is 0. The lowest BCUT2D eigenvalue weighted by molar-refractivity contribution is -0.274. The molecule has 2 rings (SSSR count). The number of rotatable bonds is 4. The molecule has 0 saturated carbocycles. The molecule has 128 valence electrons. The highest BCUT2D eigenvalue weighted by Gasteiger charge is 2.32. The van der Waals surface area contributed by atoms with Crippen molar-refractivity contribution in [3.05, 3.63) is 28.2 Å². The zero-order chi connectivity index (χ0) is 17.2. The van der Waals surface area contributed by atoms with Gasteiger partial charge in [-0.1, -0.05) is 6.07 Å². The van der Waals surface area contributed by atoms with Gasteiger partial charge < -0.3 is 9.84 Å². The van der Waals surface area contributed by atoms with E-state index in [2.05, 4.69) is 20.7 Å². The van der Waals surface area contributed by atoms with Crippen LogP contribution in [0, 0.1) is 5.92 Å². The molecule has 1 aromatic carbocycles. The predicted octanol–water partition coefficient (Wildman–Crippen LogP) is 4.03. The fourth-order valence-electron chi connectivity index (χ4n) is 2.69. The molecule has 1 saturated heterocycles. The maximum atomic E-state index is 12.3. The van der Waals surface area contributed by atoms with Crippen molar-refractivity contribution in [3.63, 3.8) is 0 Å². The van der Waals surface area contributed by atoms with E-state index in [9.17, 15) is 18.0 Å². The molecule has 1 heterocycles. The maximum absolute atomic E-state index is 12.3. The maximum Gasteiger partial charge on any atom is 0.573 e. The molecule has 0 spiro atoms. The van der Waals surface area contributed by atoms with Crippen LogP contribution >= 0.6 is 15.9 Å². The highest BCUT2D eigenvalue weighted by molar-refractivity contribution is 9.10. The lowest BCUT2D eigenvalue weighted by Gasteiger charge is -2.36. The van der Waals surface area contributed by atoms with Gasteiger partial charge in [0.25, 0.3) is 0 Å². The van der Waals surface area contributed by atoms with Gasteiger partial charge in [0.15, 0.2) is 0 Å². The Bertz CT molecular complexity index is 580. The number of halogens is 4. The Labute approximate surface area is 140 Å². The van der Waals surface area contributed by atoms with Gasteiger partial charge in [-0.05, 0) is 53.4 Å². The Kier molecular flexibility index (Phi) is 5.57. The van der Waals surface area contributed by atoms with Gasteiger partial charge in [-0.2, -0.15) is 0 Å². The number of likely N-dealkylation sites (tertiary alicyclic amines) is 1. The van der Waals surface area contributed by atoms with Gasteiger partial charge in [0.05, 0.1) is 10.4 Å². The topological polar surface area (TPSA) is 49.8 Å². The van der Waals surface area contributed by atoms with Crippen LogP contribution < -0.4 is 4.74 Å². The molecule has 1 fully saturated rings. The van der Waals surface area contributed by atoms with Crippen LogP contribution in [0.4, 0.5) is 13.2 Å². The van der Waals surface area contributed by atoms with Gasteiger partial charge in [-0.3, -0.25) is 9.69 Å². The summed E-state index contributed by atoms with van der Waals surface area (Å²) in [4.78, 5) is 13.2. The molecule has 0 aliphatic carbocycles. The average molecular weight is 396 g/mol. The van der Waals surface area contributed by atoms with Crippen LogP contribution in [0.2, 0.25) is 0 Å². The zero-order valence-corrected chi connectivity index (χ0v) is 14.0. The van der Waals surface area contributed by atoms with Gasteiger partial charge in [-0.15, -0.1) is 13.2 Å². The molecule has 8 heteroatoms. The van der Waals surface area contributed by atoms with Gasteiger partial charge in [-0.25, -0.2) is 0 Å². The third-order valence-corrected chi connectivity index (χ3v) is 4.59. The van der Waals surface area contributed by atoms with E-state index in [1.807, 2.05) is 11.8 Å². The highest BCUT2D eigenvalue weighted by Crippen LogP contribution is 2.32. The molecule has 0 aromatic heterocycles. The van der Waals surface area contributed by atoms with Crippen LogP contribution in [0.15, 0.2) is 22.7 Å². The van der Waals surface area contributed by atoms with Crippen molar-refractivity contribution in [2.75, 3.05) is 6.54 Å². The minimum absolute atomic E-state index is 0.215. The number of alkyl halides is 3. The van der Waals surface area contributed by atoms with Crippen LogP contribution in [0.1, 0.15) is 25.3 Å². The summed E-state index contributed by atoms with van der Waals surface area (Å²) in [5, 5.41) is 9.14. The normalized spacial score (nSPS) is 22.8. The molecule has 2 unspecified atom stereocenters. The molecule has 0 bridgehead atoms. The molecule has 1 aromatic rings. The van der Waals surface area contributed by atoms with E-state index in [0.717, 1.165) is 12.0 Å². The van der Waals surface area contributed by atoms with Gasteiger partial charge in [0.1, 0.15) is 5.75 Å². The molecule has 1 aliphatic heterocycles. The minimum Gasteiger partial charge on any atom is -0.481 e. The van der Waals surface area contributed by atoms with Crippen LogP contribution in [-0.2, 0) is 11.3 Å². The number of nitrogens with zero attached hydrogens (tertiary/aromatic N) is 1. The first-order chi connectivity index (χ1) is 10.7. The number of hydrogen-bond donors (Lipinski definition) is 1. The van der Waals surface area contributed by atoms with E-state index < -0.39 is 18.2 Å². The lowest BCUT2D eigenvalue weighted by Crippen LogP contribution is -2.43. The van der Waals surface area contributed by atoms with Crippen LogP contribution in [0.25, 0.3) is 0 Å². The molecule has 1 N–H and O–H groups in total. The smallest absolute Gasteiger partial charge is 0.481 e. The van der Waals surface area contributed by atoms with E-state index in [4.69, 9.17) is 5.11 Å². The first-order valence-corrected chi connectivity index (χ1v) is 7.96. The zero-order valence-electron chi connectivity index (χ0n) is 12.4. The van der Waals surface area contributed by atoms with E-state index in [1.54, 1.807) is 12.1 Å². The predicted molar refractivity (Wildman–Crippen MR) is 81.1 cm³/mol. The van der Waals surface area contributed by atoms with Gasteiger partial charge in [0.2, 0.25) is 0 Å². The number of ether oxygens (including phenoxy) is 1. The molecular weight excluding hydrogens is 379 g/mol. The van der Waals surface area contributed by atoms with Gasteiger partial charge in [0, 0.05) is 19.1 Å². The number of hydrogen-bond acceptors (Lipinski definition) is 3. The van der Waals surface area contributed by atoms with E-state index >= 15 is 0 Å². The van der Waals surface area contributed by atoms with Crippen molar-refractivity contribution in [2.45, 2.75) is 38.7 Å². The molecular formula is C15H17BrF3NO3. The van der Waals surface area contributed by atoms with E-state index in [0.29, 0.717) is 19.5 Å². The van der Waals surface area contributed by atoms with Crippen molar-refractivity contribution in [3.8, 4) is 5.75 Å². The Hall–Kier alpha value is -1.28. The van der Waals surface area contributed by atoms with Crippen LogP contribution in [-0.4, -0.2) is 34.9 Å².